The van der Waals surface area contributed by atoms with Crippen LogP contribution >= 0.6 is 0 Å². The number of hydrogen-bond acceptors (Lipinski definition) is 2. The molecule has 0 bridgehead atoms. The molecule has 0 atom stereocenters. The molecule has 3 heterocycles. The van der Waals surface area contributed by atoms with Crippen molar-refractivity contribution in [3.05, 3.63) is 64.1 Å². The van der Waals surface area contributed by atoms with Crippen molar-refractivity contribution in [3.8, 4) is 0 Å². The summed E-state index contributed by atoms with van der Waals surface area (Å²) < 4.78 is 2.41. The average molecular weight is 331 g/mol. The first-order chi connectivity index (χ1) is 12.0. The Labute approximate surface area is 149 Å². The van der Waals surface area contributed by atoms with E-state index in [0.717, 1.165) is 30.8 Å². The van der Waals surface area contributed by atoms with E-state index >= 15 is 0 Å². The van der Waals surface area contributed by atoms with Crippen molar-refractivity contribution in [2.24, 2.45) is 7.05 Å². The van der Waals surface area contributed by atoms with Gasteiger partial charge >= 0.3 is 0 Å². The molecule has 1 aliphatic rings. The number of rotatable bonds is 2. The summed E-state index contributed by atoms with van der Waals surface area (Å²) in [5, 5.41) is 1.41. The largest absolute Gasteiger partial charge is 0.347 e. The van der Waals surface area contributed by atoms with Crippen LogP contribution in [0.5, 0.6) is 0 Å². The number of aryl methyl sites for hydroxylation is 3. The molecule has 0 aliphatic carbocycles. The zero-order valence-electron chi connectivity index (χ0n) is 15.5. The summed E-state index contributed by atoms with van der Waals surface area (Å²) in [4.78, 5) is 6.80. The maximum atomic E-state index is 4.39. The van der Waals surface area contributed by atoms with Crippen molar-refractivity contribution in [1.29, 1.82) is 0 Å². The summed E-state index contributed by atoms with van der Waals surface area (Å²) in [5.74, 6) is 0. The molecule has 0 saturated carbocycles. The van der Waals surface area contributed by atoms with Gasteiger partial charge in [0.1, 0.15) is 0 Å². The van der Waals surface area contributed by atoms with Crippen molar-refractivity contribution < 1.29 is 0 Å². The number of likely N-dealkylation sites (N-methyl/N-ethyl adjacent to an activating group) is 1. The molecule has 0 radical (unpaired) electrons. The molecule has 0 spiro atoms. The summed E-state index contributed by atoms with van der Waals surface area (Å²) >= 11 is 0. The van der Waals surface area contributed by atoms with Gasteiger partial charge in [0.15, 0.2) is 0 Å². The van der Waals surface area contributed by atoms with Gasteiger partial charge in [0.25, 0.3) is 0 Å². The maximum Gasteiger partial charge on any atom is 0.0557 e. The average Bonchev–Trinajstić information content (AvgIpc) is 2.86. The highest BCUT2D eigenvalue weighted by atomic mass is 15.1. The van der Waals surface area contributed by atoms with Crippen LogP contribution in [-0.2, 0) is 20.0 Å². The first kappa shape index (κ1) is 16.1. The van der Waals surface area contributed by atoms with Crippen LogP contribution in [0.25, 0.3) is 23.1 Å². The van der Waals surface area contributed by atoms with Gasteiger partial charge < -0.3 is 9.47 Å². The monoisotopic (exact) mass is 331 g/mol. The molecule has 3 nitrogen and oxygen atoms in total. The Kier molecular flexibility index (Phi) is 3.97. The second kappa shape index (κ2) is 6.16. The van der Waals surface area contributed by atoms with Crippen LogP contribution in [0.3, 0.4) is 0 Å². The van der Waals surface area contributed by atoms with E-state index in [0.29, 0.717) is 0 Å². The molecule has 4 rings (SSSR count). The number of benzene rings is 1. The minimum atomic E-state index is 1.04. The van der Waals surface area contributed by atoms with Crippen LogP contribution in [0.4, 0.5) is 0 Å². The van der Waals surface area contributed by atoms with Gasteiger partial charge in [-0.15, -0.1) is 0 Å². The van der Waals surface area contributed by atoms with E-state index in [4.69, 9.17) is 0 Å². The summed E-state index contributed by atoms with van der Waals surface area (Å²) in [6.45, 7) is 6.39. The predicted molar refractivity (Wildman–Crippen MR) is 106 cm³/mol. The van der Waals surface area contributed by atoms with E-state index in [1.165, 1.54) is 33.3 Å². The molecular formula is C22H25N3. The van der Waals surface area contributed by atoms with Crippen molar-refractivity contribution in [2.45, 2.75) is 26.8 Å². The summed E-state index contributed by atoms with van der Waals surface area (Å²) in [6.07, 6.45) is 7.46. The van der Waals surface area contributed by atoms with Gasteiger partial charge in [-0.05, 0) is 61.3 Å². The smallest absolute Gasteiger partial charge is 0.0557 e. The first-order valence-electron chi connectivity index (χ1n) is 8.93. The van der Waals surface area contributed by atoms with Gasteiger partial charge in [-0.25, -0.2) is 0 Å². The highest BCUT2D eigenvalue weighted by Gasteiger charge is 2.22. The van der Waals surface area contributed by atoms with E-state index in [9.17, 15) is 0 Å². The second-order valence-electron chi connectivity index (χ2n) is 7.29. The van der Waals surface area contributed by atoms with Crippen LogP contribution in [0.2, 0.25) is 0 Å². The van der Waals surface area contributed by atoms with Gasteiger partial charge in [-0.1, -0.05) is 18.2 Å². The number of hydrogen-bond donors (Lipinski definition) is 0. The maximum absolute atomic E-state index is 4.39. The number of pyridine rings is 1. The lowest BCUT2D eigenvalue weighted by atomic mass is 10.0. The molecule has 1 aromatic carbocycles. The number of fused-ring (bicyclic) bond motifs is 3. The van der Waals surface area contributed by atoms with E-state index in [1.807, 2.05) is 13.1 Å². The molecule has 3 aromatic rings. The quantitative estimate of drug-likeness (QED) is 0.696. The minimum absolute atomic E-state index is 1.04. The Bertz CT molecular complexity index is 961. The zero-order chi connectivity index (χ0) is 17.6. The number of nitrogens with zero attached hydrogens (tertiary/aromatic N) is 3. The van der Waals surface area contributed by atoms with Crippen LogP contribution in [0.15, 0.2) is 30.5 Å². The predicted octanol–water partition coefficient (Wildman–Crippen LogP) is 4.35. The summed E-state index contributed by atoms with van der Waals surface area (Å²) in [6, 6.07) is 8.81. The fraction of sp³-hybridized carbons (Fsp3) is 0.318. The zero-order valence-corrected chi connectivity index (χ0v) is 15.5. The SMILES string of the molecule is Cc1cc(C=Cc2ccc(C)nc2)c2c(c1)c1c(n2C)CCN(C)C1. The summed E-state index contributed by atoms with van der Waals surface area (Å²) in [7, 11) is 4.43. The van der Waals surface area contributed by atoms with E-state index in [2.05, 4.69) is 71.9 Å². The third-order valence-electron chi connectivity index (χ3n) is 5.25. The fourth-order valence-electron chi connectivity index (χ4n) is 3.94. The Morgan fingerprint density at radius 1 is 1.08 bits per heavy atom. The molecule has 0 fully saturated rings. The normalized spacial score (nSPS) is 15.2. The molecule has 128 valence electrons. The second-order valence-corrected chi connectivity index (χ2v) is 7.29. The molecule has 0 N–H and O–H groups in total. The fourth-order valence-corrected chi connectivity index (χ4v) is 3.94. The van der Waals surface area contributed by atoms with Gasteiger partial charge in [-0.3, -0.25) is 4.98 Å². The van der Waals surface area contributed by atoms with Crippen molar-refractivity contribution >= 4 is 23.1 Å². The Balaban J connectivity index is 1.85. The molecule has 2 aromatic heterocycles. The molecular weight excluding hydrogens is 306 g/mol. The van der Waals surface area contributed by atoms with Gasteiger partial charge in [0, 0.05) is 49.5 Å². The van der Waals surface area contributed by atoms with Gasteiger partial charge in [0.2, 0.25) is 0 Å². The third kappa shape index (κ3) is 2.89. The standard InChI is InChI=1S/C22H25N3/c1-15-11-18(8-7-17-6-5-16(2)23-13-17)22-19(12-15)20-14-24(3)10-9-21(20)25(22)4/h5-8,11-13H,9-10,14H2,1-4H3. The lowest BCUT2D eigenvalue weighted by molar-refractivity contribution is 0.310. The Morgan fingerprint density at radius 3 is 2.68 bits per heavy atom. The minimum Gasteiger partial charge on any atom is -0.347 e. The summed E-state index contributed by atoms with van der Waals surface area (Å²) in [5.41, 5.74) is 9.13. The molecule has 0 saturated heterocycles. The van der Waals surface area contributed by atoms with E-state index in [1.54, 1.807) is 0 Å². The van der Waals surface area contributed by atoms with Crippen molar-refractivity contribution in [3.63, 3.8) is 0 Å². The van der Waals surface area contributed by atoms with Crippen LogP contribution < -0.4 is 0 Å². The highest BCUT2D eigenvalue weighted by Crippen LogP contribution is 2.33. The lowest BCUT2D eigenvalue weighted by Crippen LogP contribution is -2.26. The highest BCUT2D eigenvalue weighted by molar-refractivity contribution is 5.95. The number of aromatic nitrogens is 2. The molecule has 1 aliphatic heterocycles. The molecule has 25 heavy (non-hydrogen) atoms. The van der Waals surface area contributed by atoms with Crippen LogP contribution in [0, 0.1) is 13.8 Å². The van der Waals surface area contributed by atoms with Crippen LogP contribution in [-0.4, -0.2) is 28.0 Å². The van der Waals surface area contributed by atoms with E-state index in [-0.39, 0.29) is 0 Å². The van der Waals surface area contributed by atoms with Crippen molar-refractivity contribution in [2.75, 3.05) is 13.6 Å². The molecule has 3 heteroatoms. The molecule has 0 unspecified atom stereocenters. The first-order valence-corrected chi connectivity index (χ1v) is 8.93. The molecule has 0 amide bonds. The Morgan fingerprint density at radius 2 is 1.92 bits per heavy atom. The van der Waals surface area contributed by atoms with Gasteiger partial charge in [-0.2, -0.15) is 0 Å². The van der Waals surface area contributed by atoms with Crippen molar-refractivity contribution in [1.82, 2.24) is 14.5 Å². The Hall–Kier alpha value is -2.39. The topological polar surface area (TPSA) is 21.1 Å². The van der Waals surface area contributed by atoms with E-state index < -0.39 is 0 Å². The van der Waals surface area contributed by atoms with Crippen LogP contribution in [0.1, 0.15) is 33.6 Å². The third-order valence-corrected chi connectivity index (χ3v) is 5.25. The lowest BCUT2D eigenvalue weighted by Gasteiger charge is -2.23. The van der Waals surface area contributed by atoms with Gasteiger partial charge in [0.05, 0.1) is 5.52 Å².